The van der Waals surface area contributed by atoms with Gasteiger partial charge in [0.2, 0.25) is 0 Å². The fourth-order valence-electron chi connectivity index (χ4n) is 3.09. The van der Waals surface area contributed by atoms with Crippen LogP contribution >= 0.6 is 24.0 Å². The molecule has 2 nitrogen and oxygen atoms in total. The number of carbonyl (C=O) groups excluding carboxylic acids is 1. The molecule has 4 rings (SSSR count). The van der Waals surface area contributed by atoms with Gasteiger partial charge in [-0.05, 0) is 46.5 Å². The lowest BCUT2D eigenvalue weighted by Crippen LogP contribution is -2.27. The molecule has 4 heteroatoms. The monoisotopic (exact) mass is 375 g/mol. The summed E-state index contributed by atoms with van der Waals surface area (Å²) >= 11 is 6.84. The first-order chi connectivity index (χ1) is 12.7. The zero-order valence-electron chi connectivity index (χ0n) is 14.3. The molecule has 26 heavy (non-hydrogen) atoms. The largest absolute Gasteiger partial charge is 0.270 e. The Kier molecular flexibility index (Phi) is 4.62. The van der Waals surface area contributed by atoms with E-state index in [0.717, 1.165) is 28.4 Å². The third kappa shape index (κ3) is 3.06. The van der Waals surface area contributed by atoms with Crippen LogP contribution in [0.2, 0.25) is 0 Å². The van der Waals surface area contributed by atoms with Crippen molar-refractivity contribution in [1.29, 1.82) is 0 Å². The lowest BCUT2D eigenvalue weighted by atomic mass is 10.0. The van der Waals surface area contributed by atoms with Crippen LogP contribution in [0, 0.1) is 0 Å². The zero-order valence-corrected chi connectivity index (χ0v) is 15.9. The molecule has 1 heterocycles. The van der Waals surface area contributed by atoms with Gasteiger partial charge in [0.25, 0.3) is 5.91 Å². The minimum atomic E-state index is -0.0582. The highest BCUT2D eigenvalue weighted by atomic mass is 32.2. The van der Waals surface area contributed by atoms with E-state index in [9.17, 15) is 4.79 Å². The number of carbonyl (C=O) groups is 1. The molecule has 0 unspecified atom stereocenters. The molecule has 0 N–H and O–H groups in total. The number of fused-ring (bicyclic) bond motifs is 1. The highest BCUT2D eigenvalue weighted by molar-refractivity contribution is 8.27. The summed E-state index contributed by atoms with van der Waals surface area (Å²) < 4.78 is 0.575. The number of hydrogen-bond donors (Lipinski definition) is 0. The summed E-state index contributed by atoms with van der Waals surface area (Å²) in [6.45, 7) is 2.11. The Morgan fingerprint density at radius 2 is 1.73 bits per heavy atom. The summed E-state index contributed by atoms with van der Waals surface area (Å²) in [5.41, 5.74) is 3.10. The van der Waals surface area contributed by atoms with E-state index in [1.165, 1.54) is 17.3 Å². The molecule has 1 aliphatic rings. The third-order valence-corrected chi connectivity index (χ3v) is 5.81. The Morgan fingerprint density at radius 3 is 2.50 bits per heavy atom. The van der Waals surface area contributed by atoms with E-state index in [1.807, 2.05) is 54.6 Å². The molecular weight excluding hydrogens is 358 g/mol. The number of thiocarbonyl (C=S) groups is 1. The van der Waals surface area contributed by atoms with Gasteiger partial charge in [-0.25, -0.2) is 0 Å². The second kappa shape index (κ2) is 7.06. The number of anilines is 1. The molecule has 128 valence electrons. The Hall–Kier alpha value is -2.43. The quantitative estimate of drug-likeness (QED) is 0.426. The molecule has 0 saturated carbocycles. The van der Waals surface area contributed by atoms with Crippen molar-refractivity contribution in [2.24, 2.45) is 0 Å². The molecule has 0 aliphatic carbocycles. The third-order valence-electron chi connectivity index (χ3n) is 4.51. The Balaban J connectivity index is 1.71. The first-order valence-corrected chi connectivity index (χ1v) is 9.74. The van der Waals surface area contributed by atoms with Crippen molar-refractivity contribution >= 4 is 56.7 Å². The highest BCUT2D eigenvalue weighted by Crippen LogP contribution is 2.36. The van der Waals surface area contributed by atoms with E-state index in [4.69, 9.17) is 12.2 Å². The SMILES string of the molecule is CCc1ccc(N2C(=O)/C(=C/c3cccc4ccccc34)SC2=S)cc1. The molecule has 0 spiro atoms. The molecule has 3 aromatic rings. The van der Waals surface area contributed by atoms with E-state index in [-0.39, 0.29) is 5.91 Å². The molecule has 0 radical (unpaired) electrons. The van der Waals surface area contributed by atoms with Crippen LogP contribution in [0.4, 0.5) is 5.69 Å². The average Bonchev–Trinajstić information content (AvgIpc) is 2.95. The molecule has 1 aliphatic heterocycles. The van der Waals surface area contributed by atoms with Gasteiger partial charge < -0.3 is 0 Å². The molecule has 1 saturated heterocycles. The molecule has 0 atom stereocenters. The molecular formula is C22H17NOS2. The fourth-order valence-corrected chi connectivity index (χ4v) is 4.38. The van der Waals surface area contributed by atoms with E-state index < -0.39 is 0 Å². The number of thioether (sulfide) groups is 1. The number of benzene rings is 3. The molecule has 0 aromatic heterocycles. The van der Waals surface area contributed by atoms with Crippen molar-refractivity contribution in [2.75, 3.05) is 4.90 Å². The summed E-state index contributed by atoms with van der Waals surface area (Å²) in [7, 11) is 0. The van der Waals surface area contributed by atoms with Gasteiger partial charge in [-0.3, -0.25) is 9.69 Å². The number of aryl methyl sites for hydroxylation is 1. The van der Waals surface area contributed by atoms with Crippen molar-refractivity contribution < 1.29 is 4.79 Å². The second-order valence-electron chi connectivity index (χ2n) is 6.11. The average molecular weight is 376 g/mol. The smallest absolute Gasteiger partial charge is 0.268 e. The highest BCUT2D eigenvalue weighted by Gasteiger charge is 2.33. The predicted molar refractivity (Wildman–Crippen MR) is 115 cm³/mol. The van der Waals surface area contributed by atoms with Gasteiger partial charge in [0, 0.05) is 0 Å². The number of nitrogens with zero attached hydrogens (tertiary/aromatic N) is 1. The van der Waals surface area contributed by atoms with Crippen LogP contribution in [-0.2, 0) is 11.2 Å². The van der Waals surface area contributed by atoms with Crippen LogP contribution in [0.25, 0.3) is 16.8 Å². The van der Waals surface area contributed by atoms with Gasteiger partial charge >= 0.3 is 0 Å². The summed E-state index contributed by atoms with van der Waals surface area (Å²) in [6, 6.07) is 22.3. The minimum Gasteiger partial charge on any atom is -0.268 e. The maximum absolute atomic E-state index is 13.0. The van der Waals surface area contributed by atoms with E-state index >= 15 is 0 Å². The lowest BCUT2D eigenvalue weighted by Gasteiger charge is -2.14. The standard InChI is InChI=1S/C22H17NOS2/c1-2-15-10-12-18(13-11-15)23-21(24)20(26-22(23)25)14-17-8-5-7-16-6-3-4-9-19(16)17/h3-14H,2H2,1H3/b20-14-. The first-order valence-electron chi connectivity index (χ1n) is 8.52. The van der Waals surface area contributed by atoms with Gasteiger partial charge in [-0.2, -0.15) is 0 Å². The van der Waals surface area contributed by atoms with Gasteiger partial charge in [0.05, 0.1) is 10.6 Å². The Labute approximate surface area is 162 Å². The topological polar surface area (TPSA) is 20.3 Å². The summed E-state index contributed by atoms with van der Waals surface area (Å²) in [6.07, 6.45) is 2.92. The van der Waals surface area contributed by atoms with Crippen LogP contribution in [-0.4, -0.2) is 10.2 Å². The first kappa shape index (κ1) is 17.0. The molecule has 0 bridgehead atoms. The number of amides is 1. The van der Waals surface area contributed by atoms with E-state index in [2.05, 4.69) is 25.1 Å². The van der Waals surface area contributed by atoms with Gasteiger partial charge in [-0.1, -0.05) is 85.5 Å². The maximum Gasteiger partial charge on any atom is 0.270 e. The van der Waals surface area contributed by atoms with E-state index in [0.29, 0.717) is 9.23 Å². The van der Waals surface area contributed by atoms with Crippen molar-refractivity contribution in [1.82, 2.24) is 0 Å². The maximum atomic E-state index is 13.0. The number of rotatable bonds is 3. The van der Waals surface area contributed by atoms with E-state index in [1.54, 1.807) is 4.90 Å². The van der Waals surface area contributed by atoms with Crippen LogP contribution in [0.15, 0.2) is 71.6 Å². The van der Waals surface area contributed by atoms with Gasteiger partial charge in [-0.15, -0.1) is 0 Å². The summed E-state index contributed by atoms with van der Waals surface area (Å²) in [4.78, 5) is 15.2. The summed E-state index contributed by atoms with van der Waals surface area (Å²) in [5.74, 6) is -0.0582. The van der Waals surface area contributed by atoms with Crippen molar-refractivity contribution in [3.8, 4) is 0 Å². The molecule has 1 fully saturated rings. The lowest BCUT2D eigenvalue weighted by molar-refractivity contribution is -0.113. The molecule has 3 aromatic carbocycles. The van der Waals surface area contributed by atoms with Crippen molar-refractivity contribution in [2.45, 2.75) is 13.3 Å². The van der Waals surface area contributed by atoms with Gasteiger partial charge in [0.15, 0.2) is 4.32 Å². The molecule has 1 amide bonds. The van der Waals surface area contributed by atoms with Crippen LogP contribution in [0.3, 0.4) is 0 Å². The minimum absolute atomic E-state index is 0.0582. The van der Waals surface area contributed by atoms with Crippen LogP contribution in [0.1, 0.15) is 18.1 Å². The van der Waals surface area contributed by atoms with Crippen LogP contribution < -0.4 is 4.90 Å². The zero-order chi connectivity index (χ0) is 18.1. The number of hydrogen-bond acceptors (Lipinski definition) is 3. The Morgan fingerprint density at radius 1 is 1.00 bits per heavy atom. The Bertz CT molecular complexity index is 1030. The normalized spacial score (nSPS) is 16.0. The predicted octanol–water partition coefficient (Wildman–Crippen LogP) is 5.81. The van der Waals surface area contributed by atoms with Crippen molar-refractivity contribution in [3.63, 3.8) is 0 Å². The fraction of sp³-hybridized carbons (Fsp3) is 0.0909. The second-order valence-corrected chi connectivity index (χ2v) is 7.78. The van der Waals surface area contributed by atoms with Gasteiger partial charge in [0.1, 0.15) is 0 Å². The van der Waals surface area contributed by atoms with Crippen LogP contribution in [0.5, 0.6) is 0 Å². The van der Waals surface area contributed by atoms with Crippen molar-refractivity contribution in [3.05, 3.63) is 82.8 Å². The summed E-state index contributed by atoms with van der Waals surface area (Å²) in [5, 5.41) is 2.29.